The highest BCUT2D eigenvalue weighted by Gasteiger charge is 2.29. The van der Waals surface area contributed by atoms with Gasteiger partial charge in [0, 0.05) is 16.4 Å². The van der Waals surface area contributed by atoms with Gasteiger partial charge >= 0.3 is 6.18 Å². The van der Waals surface area contributed by atoms with E-state index in [1.54, 1.807) is 24.3 Å². The van der Waals surface area contributed by atoms with E-state index in [1.165, 1.54) is 18.3 Å². The molecule has 2 N–H and O–H groups in total. The molecular formula is C16H11ClF3N5. The summed E-state index contributed by atoms with van der Waals surface area (Å²) in [5, 5.41) is 14.0. The molecule has 0 aliphatic heterocycles. The number of hydrogen-bond acceptors (Lipinski definition) is 5. The molecule has 9 heteroatoms. The van der Waals surface area contributed by atoms with Crippen molar-refractivity contribution in [1.82, 2.24) is 15.2 Å². The predicted octanol–water partition coefficient (Wildman–Crippen LogP) is 5.03. The first-order valence-electron chi connectivity index (χ1n) is 7.07. The molecule has 0 bridgehead atoms. The van der Waals surface area contributed by atoms with Crippen LogP contribution >= 0.6 is 11.6 Å². The number of benzene rings is 2. The molecule has 0 atom stereocenters. The number of nitrogens with one attached hydrogen (secondary N) is 2. The first-order chi connectivity index (χ1) is 11.9. The van der Waals surface area contributed by atoms with Crippen molar-refractivity contribution in [3.05, 3.63) is 65.3 Å². The van der Waals surface area contributed by atoms with E-state index >= 15 is 0 Å². The molecule has 25 heavy (non-hydrogen) atoms. The van der Waals surface area contributed by atoms with E-state index in [2.05, 4.69) is 25.8 Å². The second-order valence-corrected chi connectivity index (χ2v) is 5.44. The molecule has 0 radical (unpaired) electrons. The average molecular weight is 366 g/mol. The fourth-order valence-electron chi connectivity index (χ4n) is 2.00. The highest BCUT2D eigenvalue weighted by Crippen LogP contribution is 2.30. The zero-order valence-corrected chi connectivity index (χ0v) is 13.3. The predicted molar refractivity (Wildman–Crippen MR) is 89.3 cm³/mol. The van der Waals surface area contributed by atoms with Crippen LogP contribution in [-0.4, -0.2) is 15.2 Å². The second-order valence-electron chi connectivity index (χ2n) is 5.00. The minimum absolute atomic E-state index is 0.145. The van der Waals surface area contributed by atoms with Crippen LogP contribution in [-0.2, 0) is 6.18 Å². The summed E-state index contributed by atoms with van der Waals surface area (Å²) in [4.78, 5) is 4.20. The third-order valence-corrected chi connectivity index (χ3v) is 3.36. The molecule has 0 fully saturated rings. The van der Waals surface area contributed by atoms with Crippen LogP contribution in [0.1, 0.15) is 5.56 Å². The number of anilines is 4. The topological polar surface area (TPSA) is 62.7 Å². The van der Waals surface area contributed by atoms with Crippen molar-refractivity contribution in [1.29, 1.82) is 0 Å². The van der Waals surface area contributed by atoms with E-state index in [4.69, 9.17) is 11.6 Å². The van der Waals surface area contributed by atoms with Gasteiger partial charge in [-0.05, 0) is 42.5 Å². The number of aromatic nitrogens is 3. The van der Waals surface area contributed by atoms with Crippen molar-refractivity contribution < 1.29 is 13.2 Å². The van der Waals surface area contributed by atoms with Gasteiger partial charge in [-0.3, -0.25) is 0 Å². The monoisotopic (exact) mass is 365 g/mol. The van der Waals surface area contributed by atoms with E-state index in [0.717, 1.165) is 12.1 Å². The van der Waals surface area contributed by atoms with Crippen molar-refractivity contribution in [2.24, 2.45) is 0 Å². The largest absolute Gasteiger partial charge is 0.416 e. The molecule has 0 saturated carbocycles. The van der Waals surface area contributed by atoms with Crippen molar-refractivity contribution in [3.8, 4) is 0 Å². The van der Waals surface area contributed by atoms with Gasteiger partial charge in [-0.2, -0.15) is 23.3 Å². The lowest BCUT2D eigenvalue weighted by Gasteiger charge is -2.09. The van der Waals surface area contributed by atoms with Crippen molar-refractivity contribution in [2.75, 3.05) is 10.6 Å². The molecule has 1 heterocycles. The Morgan fingerprint density at radius 3 is 2.36 bits per heavy atom. The van der Waals surface area contributed by atoms with Gasteiger partial charge in [-0.15, -0.1) is 5.10 Å². The molecule has 0 spiro atoms. The van der Waals surface area contributed by atoms with Crippen LogP contribution in [0.25, 0.3) is 0 Å². The van der Waals surface area contributed by atoms with E-state index < -0.39 is 11.7 Å². The quantitative estimate of drug-likeness (QED) is 0.679. The van der Waals surface area contributed by atoms with Gasteiger partial charge in [0.05, 0.1) is 11.8 Å². The van der Waals surface area contributed by atoms with Crippen LogP contribution in [0.15, 0.2) is 54.7 Å². The molecule has 0 aliphatic rings. The molecule has 5 nitrogen and oxygen atoms in total. The maximum Gasteiger partial charge on any atom is 0.416 e. The minimum atomic E-state index is -4.38. The molecule has 3 aromatic rings. The molecule has 3 rings (SSSR count). The van der Waals surface area contributed by atoms with E-state index in [1.807, 2.05) is 0 Å². The van der Waals surface area contributed by atoms with Gasteiger partial charge in [-0.25, -0.2) is 0 Å². The summed E-state index contributed by atoms with van der Waals surface area (Å²) in [5.74, 6) is 0.554. The Morgan fingerprint density at radius 1 is 0.920 bits per heavy atom. The van der Waals surface area contributed by atoms with Crippen LogP contribution in [0.3, 0.4) is 0 Å². The number of alkyl halides is 3. The first kappa shape index (κ1) is 17.0. The lowest BCUT2D eigenvalue weighted by molar-refractivity contribution is -0.137. The van der Waals surface area contributed by atoms with Crippen LogP contribution in [0.4, 0.5) is 36.3 Å². The van der Waals surface area contributed by atoms with Crippen LogP contribution in [0, 0.1) is 0 Å². The third-order valence-electron chi connectivity index (χ3n) is 3.12. The van der Waals surface area contributed by atoms with E-state index in [-0.39, 0.29) is 5.95 Å². The fourth-order valence-corrected chi connectivity index (χ4v) is 2.19. The van der Waals surface area contributed by atoms with Crippen LogP contribution in [0.2, 0.25) is 5.02 Å². The van der Waals surface area contributed by atoms with Crippen molar-refractivity contribution in [2.45, 2.75) is 6.18 Å². The van der Waals surface area contributed by atoms with Gasteiger partial charge in [0.1, 0.15) is 0 Å². The lowest BCUT2D eigenvalue weighted by Crippen LogP contribution is -2.05. The summed E-state index contributed by atoms with van der Waals surface area (Å²) < 4.78 is 37.7. The molecule has 0 unspecified atom stereocenters. The molecule has 2 aromatic carbocycles. The van der Waals surface area contributed by atoms with Gasteiger partial charge in [0.2, 0.25) is 5.95 Å². The highest BCUT2D eigenvalue weighted by molar-refractivity contribution is 6.30. The van der Waals surface area contributed by atoms with E-state index in [9.17, 15) is 13.2 Å². The third kappa shape index (κ3) is 4.57. The minimum Gasteiger partial charge on any atom is -0.339 e. The SMILES string of the molecule is FC(F)(F)c1ccc(Nc2nncc(Nc3cccc(Cl)c3)n2)cc1. The second kappa shape index (κ2) is 6.94. The number of rotatable bonds is 4. The Kier molecular flexibility index (Phi) is 4.71. The van der Waals surface area contributed by atoms with Crippen LogP contribution < -0.4 is 10.6 Å². The molecule has 0 saturated heterocycles. The summed E-state index contributed by atoms with van der Waals surface area (Å²) in [6.07, 6.45) is -2.96. The van der Waals surface area contributed by atoms with Crippen molar-refractivity contribution in [3.63, 3.8) is 0 Å². The number of halogens is 4. The van der Waals surface area contributed by atoms with Gasteiger partial charge in [-0.1, -0.05) is 17.7 Å². The zero-order valence-electron chi connectivity index (χ0n) is 12.5. The van der Waals surface area contributed by atoms with E-state index in [0.29, 0.717) is 22.2 Å². The summed E-state index contributed by atoms with van der Waals surface area (Å²) in [7, 11) is 0. The average Bonchev–Trinajstić information content (AvgIpc) is 2.55. The fraction of sp³-hybridized carbons (Fsp3) is 0.0625. The molecule has 128 valence electrons. The summed E-state index contributed by atoms with van der Waals surface area (Å²) in [5.41, 5.74) is 0.400. The molecule has 0 amide bonds. The Morgan fingerprint density at radius 2 is 1.68 bits per heavy atom. The smallest absolute Gasteiger partial charge is 0.339 e. The Hall–Kier alpha value is -2.87. The van der Waals surface area contributed by atoms with Gasteiger partial charge < -0.3 is 10.6 Å². The maximum absolute atomic E-state index is 12.6. The zero-order chi connectivity index (χ0) is 17.9. The molecule has 1 aromatic heterocycles. The summed E-state index contributed by atoms with van der Waals surface area (Å²) in [6.45, 7) is 0. The Balaban J connectivity index is 1.73. The first-order valence-corrected chi connectivity index (χ1v) is 7.44. The Labute approximate surface area is 145 Å². The van der Waals surface area contributed by atoms with Gasteiger partial charge in [0.15, 0.2) is 5.82 Å². The Bertz CT molecular complexity index is 868. The maximum atomic E-state index is 12.6. The molecular weight excluding hydrogens is 355 g/mol. The summed E-state index contributed by atoms with van der Waals surface area (Å²) >= 11 is 5.91. The van der Waals surface area contributed by atoms with Gasteiger partial charge in [0.25, 0.3) is 0 Å². The molecule has 0 aliphatic carbocycles. The number of nitrogens with zero attached hydrogens (tertiary/aromatic N) is 3. The van der Waals surface area contributed by atoms with Crippen molar-refractivity contribution >= 4 is 34.7 Å². The normalized spacial score (nSPS) is 11.2. The highest BCUT2D eigenvalue weighted by atomic mass is 35.5. The lowest BCUT2D eigenvalue weighted by atomic mass is 10.2. The summed E-state index contributed by atoms with van der Waals surface area (Å²) in [6, 6.07) is 11.6. The number of hydrogen-bond donors (Lipinski definition) is 2. The van der Waals surface area contributed by atoms with Crippen LogP contribution in [0.5, 0.6) is 0 Å². The standard InChI is InChI=1S/C16H11ClF3N5/c17-11-2-1-3-13(8-11)22-14-9-21-25-15(24-14)23-12-6-4-10(5-7-12)16(18,19)20/h1-9H,(H2,22,23,24,25).